The Balaban J connectivity index is 2.53. The van der Waals surface area contributed by atoms with Crippen molar-refractivity contribution in [2.24, 2.45) is 16.1 Å². The lowest BCUT2D eigenvalue weighted by molar-refractivity contribution is -0.556. The molecule has 0 spiro atoms. The maximum atomic E-state index is 10.6. The van der Waals surface area contributed by atoms with Crippen LogP contribution in [0.5, 0.6) is 0 Å². The third kappa shape index (κ3) is 3.00. The van der Waals surface area contributed by atoms with Gasteiger partial charge in [0.1, 0.15) is 18.2 Å². The van der Waals surface area contributed by atoms with Crippen LogP contribution in [0, 0.1) is 9.81 Å². The van der Waals surface area contributed by atoms with Gasteiger partial charge < -0.3 is 26.0 Å². The maximum absolute atomic E-state index is 10.6. The molecule has 1 rings (SSSR count). The van der Waals surface area contributed by atoms with Gasteiger partial charge in [-0.2, -0.15) is 9.81 Å². The van der Waals surface area contributed by atoms with Crippen molar-refractivity contribution >= 4 is 0 Å². The number of hydrogen-bond donors (Lipinski definition) is 3. The van der Waals surface area contributed by atoms with Gasteiger partial charge in [0.25, 0.3) is 0 Å². The van der Waals surface area contributed by atoms with Crippen LogP contribution in [0.25, 0.3) is 0 Å². The molecule has 0 bridgehead atoms. The van der Waals surface area contributed by atoms with Crippen molar-refractivity contribution < 1.29 is 20.3 Å². The molecule has 1 aliphatic rings. The summed E-state index contributed by atoms with van der Waals surface area (Å²) in [5.74, 6) is 0. The van der Waals surface area contributed by atoms with Gasteiger partial charge in [-0.3, -0.25) is 0 Å². The molecule has 1 saturated heterocycles. The van der Waals surface area contributed by atoms with E-state index in [9.17, 15) is 9.81 Å². The van der Waals surface area contributed by atoms with E-state index in [1.807, 2.05) is 0 Å². The first kappa shape index (κ1) is 13.1. The lowest BCUT2D eigenvalue weighted by Gasteiger charge is -2.20. The van der Waals surface area contributed by atoms with Crippen LogP contribution in [0.3, 0.4) is 0 Å². The Bertz CT molecular complexity index is 251. The summed E-state index contributed by atoms with van der Waals surface area (Å²) in [5, 5.41) is 14.4. The third-order valence-electron chi connectivity index (χ3n) is 2.39. The van der Waals surface area contributed by atoms with E-state index >= 15 is 0 Å². The topological polar surface area (TPSA) is 151 Å². The van der Waals surface area contributed by atoms with Gasteiger partial charge in [-0.05, 0) is 0 Å². The molecule has 16 heavy (non-hydrogen) atoms. The molecule has 0 aromatic carbocycles. The minimum Gasteiger partial charge on any atom is -0.372 e. The number of nitroso groups, excluding NO2 is 2. The summed E-state index contributed by atoms with van der Waals surface area (Å²) < 4.78 is 9.89. The molecule has 92 valence electrons. The van der Waals surface area contributed by atoms with Crippen molar-refractivity contribution in [2.75, 3.05) is 13.2 Å². The zero-order valence-corrected chi connectivity index (χ0v) is 8.56. The highest BCUT2D eigenvalue weighted by molar-refractivity contribution is 4.97. The van der Waals surface area contributed by atoms with Crippen molar-refractivity contribution in [3.8, 4) is 0 Å². The van der Waals surface area contributed by atoms with Gasteiger partial charge in [-0.15, -0.1) is 0 Å². The largest absolute Gasteiger partial charge is 0.372 e. The van der Waals surface area contributed by atoms with Crippen molar-refractivity contribution in [1.29, 1.82) is 0 Å². The van der Waals surface area contributed by atoms with Gasteiger partial charge in [-0.1, -0.05) is 10.4 Å². The zero-order chi connectivity index (χ0) is 12.1. The Morgan fingerprint density at radius 2 is 2.31 bits per heavy atom. The summed E-state index contributed by atoms with van der Waals surface area (Å²) in [4.78, 5) is 20.9. The van der Waals surface area contributed by atoms with E-state index in [0.29, 0.717) is 0 Å². The fourth-order valence-electron chi connectivity index (χ4n) is 1.51. The van der Waals surface area contributed by atoms with Gasteiger partial charge in [0.2, 0.25) is 0 Å². The second kappa shape index (κ2) is 5.92. The van der Waals surface area contributed by atoms with E-state index in [1.165, 1.54) is 0 Å². The van der Waals surface area contributed by atoms with Gasteiger partial charge in [-0.25, -0.2) is 0 Å². The molecule has 9 nitrogen and oxygen atoms in total. The molecule has 0 amide bonds. The zero-order valence-electron chi connectivity index (χ0n) is 8.56. The highest BCUT2D eigenvalue weighted by atomic mass is 16.6. The maximum Gasteiger partial charge on any atom is 0.301 e. The minimum absolute atomic E-state index is 0.0638. The second-order valence-corrected chi connectivity index (χ2v) is 3.51. The van der Waals surface area contributed by atoms with Gasteiger partial charge >= 0.3 is 6.41 Å². The first-order valence-corrected chi connectivity index (χ1v) is 4.75. The van der Waals surface area contributed by atoms with E-state index in [0.717, 1.165) is 0 Å². The number of ether oxygens (including phenoxy) is 2. The Kier molecular flexibility index (Phi) is 4.83. The standard InChI is InChI=1S/C7H14N4O5/c8-5-3(10-13)1-15-6(5)4(11-14)2-16-7(9)12/h3-7,12H,1-2,8-9H2/p+1. The van der Waals surface area contributed by atoms with Gasteiger partial charge in [0, 0.05) is 0 Å². The number of nitrogens with zero attached hydrogens (tertiary/aromatic N) is 2. The smallest absolute Gasteiger partial charge is 0.301 e. The van der Waals surface area contributed by atoms with Crippen LogP contribution in [0.2, 0.25) is 0 Å². The molecular weight excluding hydrogens is 220 g/mol. The SMILES string of the molecule is NC1C(N=O)COC1C(COC([NH3+])O)N=O. The summed E-state index contributed by atoms with van der Waals surface area (Å²) in [6.45, 7) is -0.105. The lowest BCUT2D eigenvalue weighted by Crippen LogP contribution is -2.63. The summed E-state index contributed by atoms with van der Waals surface area (Å²) in [6, 6.07) is -2.26. The molecule has 6 N–H and O–H groups in total. The Hall–Kier alpha value is -1.00. The number of aliphatic hydroxyl groups excluding tert-OH is 1. The molecule has 0 aromatic heterocycles. The quantitative estimate of drug-likeness (QED) is 0.342. The minimum atomic E-state index is -1.25. The lowest BCUT2D eigenvalue weighted by atomic mass is 10.0. The van der Waals surface area contributed by atoms with Crippen LogP contribution in [-0.2, 0) is 9.47 Å². The summed E-state index contributed by atoms with van der Waals surface area (Å²) in [7, 11) is 0. The van der Waals surface area contributed by atoms with E-state index < -0.39 is 30.6 Å². The molecule has 0 saturated carbocycles. The average Bonchev–Trinajstić information content (AvgIpc) is 2.61. The first-order valence-electron chi connectivity index (χ1n) is 4.75. The Morgan fingerprint density at radius 3 is 2.75 bits per heavy atom. The Labute approximate surface area is 91.0 Å². The van der Waals surface area contributed by atoms with Crippen LogP contribution in [0.15, 0.2) is 10.4 Å². The fourth-order valence-corrected chi connectivity index (χ4v) is 1.51. The summed E-state index contributed by atoms with van der Waals surface area (Å²) in [6.07, 6.45) is -1.97. The van der Waals surface area contributed by atoms with E-state index in [1.54, 1.807) is 0 Å². The molecular formula is C7H15N4O5+. The predicted molar refractivity (Wildman–Crippen MR) is 51.7 cm³/mol. The number of aliphatic hydroxyl groups is 1. The van der Waals surface area contributed by atoms with Gasteiger partial charge in [0.15, 0.2) is 0 Å². The highest BCUT2D eigenvalue weighted by Gasteiger charge is 2.41. The predicted octanol–water partition coefficient (Wildman–Crippen LogP) is -2.48. The molecule has 9 heteroatoms. The summed E-state index contributed by atoms with van der Waals surface area (Å²) in [5.41, 5.74) is 8.84. The fraction of sp³-hybridized carbons (Fsp3) is 1.00. The van der Waals surface area contributed by atoms with E-state index in [2.05, 4.69) is 16.1 Å². The molecule has 1 aliphatic heterocycles. The highest BCUT2D eigenvalue weighted by Crippen LogP contribution is 2.20. The molecule has 1 fully saturated rings. The van der Waals surface area contributed by atoms with E-state index in [4.69, 9.17) is 20.3 Å². The molecule has 0 radical (unpaired) electrons. The molecule has 5 atom stereocenters. The monoisotopic (exact) mass is 235 g/mol. The molecule has 5 unspecified atom stereocenters. The van der Waals surface area contributed by atoms with Crippen LogP contribution >= 0.6 is 0 Å². The van der Waals surface area contributed by atoms with Crippen LogP contribution in [-0.4, -0.2) is 49.0 Å². The van der Waals surface area contributed by atoms with Crippen LogP contribution in [0.1, 0.15) is 0 Å². The molecule has 1 heterocycles. The number of hydrogen-bond acceptors (Lipinski definition) is 8. The average molecular weight is 235 g/mol. The van der Waals surface area contributed by atoms with E-state index in [-0.39, 0.29) is 13.2 Å². The second-order valence-electron chi connectivity index (χ2n) is 3.51. The number of quaternary nitrogens is 1. The van der Waals surface area contributed by atoms with Crippen molar-refractivity contribution in [2.45, 2.75) is 30.6 Å². The number of nitrogens with two attached hydrogens (primary N) is 1. The van der Waals surface area contributed by atoms with Gasteiger partial charge in [0.05, 0.1) is 19.3 Å². The summed E-state index contributed by atoms with van der Waals surface area (Å²) >= 11 is 0. The van der Waals surface area contributed by atoms with Crippen molar-refractivity contribution in [3.05, 3.63) is 9.81 Å². The number of rotatable bonds is 6. The third-order valence-corrected chi connectivity index (χ3v) is 2.39. The van der Waals surface area contributed by atoms with Crippen LogP contribution in [0.4, 0.5) is 0 Å². The normalized spacial score (nSPS) is 33.3. The van der Waals surface area contributed by atoms with Crippen LogP contribution < -0.4 is 11.5 Å². The van der Waals surface area contributed by atoms with Crippen molar-refractivity contribution in [1.82, 2.24) is 0 Å². The Morgan fingerprint density at radius 1 is 1.62 bits per heavy atom. The molecule has 0 aromatic rings. The van der Waals surface area contributed by atoms with Crippen molar-refractivity contribution in [3.63, 3.8) is 0 Å². The first-order chi connectivity index (χ1) is 7.60. The molecule has 0 aliphatic carbocycles.